The summed E-state index contributed by atoms with van der Waals surface area (Å²) < 4.78 is 2.14. The highest BCUT2D eigenvalue weighted by molar-refractivity contribution is 5.80. The van der Waals surface area contributed by atoms with Crippen LogP contribution in [-0.4, -0.2) is 22.0 Å². The predicted molar refractivity (Wildman–Crippen MR) is 70.1 cm³/mol. The Labute approximate surface area is 106 Å². The Bertz CT molecular complexity index is 557. The van der Waals surface area contributed by atoms with Gasteiger partial charge in [0.1, 0.15) is 0 Å². The Morgan fingerprint density at radius 3 is 3.06 bits per heavy atom. The molecule has 1 amide bonds. The van der Waals surface area contributed by atoms with Crippen molar-refractivity contribution < 1.29 is 4.79 Å². The van der Waals surface area contributed by atoms with Gasteiger partial charge in [-0.25, -0.2) is 4.98 Å². The highest BCUT2D eigenvalue weighted by Gasteiger charge is 2.28. The molecule has 1 aromatic heterocycles. The molecule has 2 aromatic rings. The first-order valence-corrected chi connectivity index (χ1v) is 6.52. The minimum atomic E-state index is 0.227. The summed E-state index contributed by atoms with van der Waals surface area (Å²) in [5.74, 6) is 0.532. The molecule has 0 unspecified atom stereocenters. The van der Waals surface area contributed by atoms with Gasteiger partial charge >= 0.3 is 0 Å². The number of carbonyl (C=O) groups excluding carboxylic acids is 1. The second-order valence-electron chi connectivity index (χ2n) is 4.85. The molecule has 18 heavy (non-hydrogen) atoms. The third-order valence-electron chi connectivity index (χ3n) is 3.35. The molecule has 0 bridgehead atoms. The van der Waals surface area contributed by atoms with E-state index in [4.69, 9.17) is 0 Å². The molecule has 0 atom stereocenters. The predicted octanol–water partition coefficient (Wildman–Crippen LogP) is 1.95. The molecule has 1 aliphatic rings. The van der Waals surface area contributed by atoms with Gasteiger partial charge in [0.05, 0.1) is 17.4 Å². The molecule has 4 nitrogen and oxygen atoms in total. The van der Waals surface area contributed by atoms with Gasteiger partial charge in [0.25, 0.3) is 0 Å². The van der Waals surface area contributed by atoms with E-state index in [1.54, 1.807) is 0 Å². The minimum Gasteiger partial charge on any atom is -0.356 e. The Balaban J connectivity index is 1.52. The molecule has 3 rings (SSSR count). The van der Waals surface area contributed by atoms with Crippen LogP contribution in [0.1, 0.15) is 19.3 Å². The van der Waals surface area contributed by atoms with Gasteiger partial charge in [-0.1, -0.05) is 12.1 Å². The van der Waals surface area contributed by atoms with Crippen molar-refractivity contribution in [1.29, 1.82) is 0 Å². The van der Waals surface area contributed by atoms with Crippen LogP contribution in [0.2, 0.25) is 0 Å². The van der Waals surface area contributed by atoms with E-state index < -0.39 is 0 Å². The van der Waals surface area contributed by atoms with Crippen molar-refractivity contribution in [2.24, 2.45) is 5.92 Å². The van der Waals surface area contributed by atoms with E-state index in [1.165, 1.54) is 0 Å². The standard InChI is InChI=1S/C14H17N3O/c18-14(11-6-7-11)15-8-3-9-17-10-16-12-4-1-2-5-13(12)17/h1-2,4-5,10-11H,3,6-9H2,(H,15,18). The number of amides is 1. The lowest BCUT2D eigenvalue weighted by Crippen LogP contribution is -2.26. The lowest BCUT2D eigenvalue weighted by Gasteiger charge is -2.06. The van der Waals surface area contributed by atoms with Gasteiger partial charge < -0.3 is 9.88 Å². The van der Waals surface area contributed by atoms with E-state index in [0.717, 1.165) is 43.4 Å². The lowest BCUT2D eigenvalue weighted by atomic mass is 10.3. The molecule has 1 fully saturated rings. The maximum atomic E-state index is 11.4. The van der Waals surface area contributed by atoms with Crippen molar-refractivity contribution in [3.8, 4) is 0 Å². The summed E-state index contributed by atoms with van der Waals surface area (Å²) in [6, 6.07) is 8.11. The van der Waals surface area contributed by atoms with Crippen molar-refractivity contribution >= 4 is 16.9 Å². The highest BCUT2D eigenvalue weighted by Crippen LogP contribution is 2.28. The number of aromatic nitrogens is 2. The number of imidazole rings is 1. The Morgan fingerprint density at radius 1 is 1.39 bits per heavy atom. The summed E-state index contributed by atoms with van der Waals surface area (Å²) in [4.78, 5) is 15.8. The van der Waals surface area contributed by atoms with E-state index in [2.05, 4.69) is 20.9 Å². The van der Waals surface area contributed by atoms with Crippen LogP contribution in [0.5, 0.6) is 0 Å². The monoisotopic (exact) mass is 243 g/mol. The lowest BCUT2D eigenvalue weighted by molar-refractivity contribution is -0.122. The first kappa shape index (κ1) is 11.3. The zero-order valence-corrected chi connectivity index (χ0v) is 10.3. The average Bonchev–Trinajstić information content (AvgIpc) is 3.17. The van der Waals surface area contributed by atoms with Gasteiger partial charge in [0.2, 0.25) is 5.91 Å². The van der Waals surface area contributed by atoms with Crippen LogP contribution >= 0.6 is 0 Å². The summed E-state index contributed by atoms with van der Waals surface area (Å²) in [5, 5.41) is 2.98. The zero-order valence-electron chi connectivity index (χ0n) is 10.3. The van der Waals surface area contributed by atoms with E-state index in [-0.39, 0.29) is 5.91 Å². The second-order valence-corrected chi connectivity index (χ2v) is 4.85. The number of nitrogens with zero attached hydrogens (tertiary/aromatic N) is 2. The van der Waals surface area contributed by atoms with Crippen molar-refractivity contribution in [1.82, 2.24) is 14.9 Å². The van der Waals surface area contributed by atoms with Gasteiger partial charge in [0.15, 0.2) is 0 Å². The molecule has 1 heterocycles. The number of benzene rings is 1. The normalized spacial score (nSPS) is 14.9. The maximum Gasteiger partial charge on any atom is 0.223 e. The molecule has 0 spiro atoms. The van der Waals surface area contributed by atoms with Crippen molar-refractivity contribution in [2.45, 2.75) is 25.8 Å². The molecule has 1 aromatic carbocycles. The van der Waals surface area contributed by atoms with Gasteiger partial charge in [-0.3, -0.25) is 4.79 Å². The maximum absolute atomic E-state index is 11.4. The Hall–Kier alpha value is -1.84. The van der Waals surface area contributed by atoms with E-state index in [1.807, 2.05) is 24.5 Å². The number of rotatable bonds is 5. The third-order valence-corrected chi connectivity index (χ3v) is 3.35. The second kappa shape index (κ2) is 4.80. The van der Waals surface area contributed by atoms with Gasteiger partial charge in [0, 0.05) is 19.0 Å². The van der Waals surface area contributed by atoms with Crippen LogP contribution < -0.4 is 5.32 Å². The summed E-state index contributed by atoms with van der Waals surface area (Å²) in [7, 11) is 0. The summed E-state index contributed by atoms with van der Waals surface area (Å²) in [6.07, 6.45) is 4.95. The van der Waals surface area contributed by atoms with Crippen LogP contribution in [0.25, 0.3) is 11.0 Å². The van der Waals surface area contributed by atoms with E-state index >= 15 is 0 Å². The third kappa shape index (κ3) is 2.37. The number of aryl methyl sites for hydroxylation is 1. The fourth-order valence-electron chi connectivity index (χ4n) is 2.14. The van der Waals surface area contributed by atoms with Crippen molar-refractivity contribution in [3.05, 3.63) is 30.6 Å². The van der Waals surface area contributed by atoms with Gasteiger partial charge in [-0.15, -0.1) is 0 Å². The van der Waals surface area contributed by atoms with Crippen LogP contribution in [0, 0.1) is 5.92 Å². The number of nitrogens with one attached hydrogen (secondary N) is 1. The molecule has 1 saturated carbocycles. The topological polar surface area (TPSA) is 46.9 Å². The Kier molecular flexibility index (Phi) is 3.00. The smallest absolute Gasteiger partial charge is 0.223 e. The zero-order chi connectivity index (χ0) is 12.4. The number of hydrogen-bond donors (Lipinski definition) is 1. The number of para-hydroxylation sites is 2. The fourth-order valence-corrected chi connectivity index (χ4v) is 2.14. The highest BCUT2D eigenvalue weighted by atomic mass is 16.2. The van der Waals surface area contributed by atoms with E-state index in [9.17, 15) is 4.79 Å². The molecule has 94 valence electrons. The number of fused-ring (bicyclic) bond motifs is 1. The number of hydrogen-bond acceptors (Lipinski definition) is 2. The van der Waals surface area contributed by atoms with E-state index in [0.29, 0.717) is 5.92 Å². The van der Waals surface area contributed by atoms with Crippen LogP contribution in [-0.2, 0) is 11.3 Å². The summed E-state index contributed by atoms with van der Waals surface area (Å²) in [6.45, 7) is 1.65. The SMILES string of the molecule is O=C(NCCCn1cnc2ccccc21)C1CC1. The average molecular weight is 243 g/mol. The molecule has 0 aliphatic heterocycles. The molecular weight excluding hydrogens is 226 g/mol. The largest absolute Gasteiger partial charge is 0.356 e. The van der Waals surface area contributed by atoms with Gasteiger partial charge in [-0.2, -0.15) is 0 Å². The van der Waals surface area contributed by atoms with Crippen LogP contribution in [0.4, 0.5) is 0 Å². The first-order valence-electron chi connectivity index (χ1n) is 6.52. The summed E-state index contributed by atoms with van der Waals surface area (Å²) in [5.41, 5.74) is 2.19. The minimum absolute atomic E-state index is 0.227. The van der Waals surface area contributed by atoms with Crippen LogP contribution in [0.15, 0.2) is 30.6 Å². The van der Waals surface area contributed by atoms with Crippen molar-refractivity contribution in [2.75, 3.05) is 6.54 Å². The molecule has 1 aliphatic carbocycles. The molecule has 1 N–H and O–H groups in total. The molecule has 0 saturated heterocycles. The molecule has 4 heteroatoms. The first-order chi connectivity index (χ1) is 8.84. The molecule has 0 radical (unpaired) electrons. The number of carbonyl (C=O) groups is 1. The van der Waals surface area contributed by atoms with Crippen LogP contribution in [0.3, 0.4) is 0 Å². The van der Waals surface area contributed by atoms with Crippen molar-refractivity contribution in [3.63, 3.8) is 0 Å². The van der Waals surface area contributed by atoms with Gasteiger partial charge in [-0.05, 0) is 31.4 Å². The molecular formula is C14H17N3O. The fraction of sp³-hybridized carbons (Fsp3) is 0.429. The Morgan fingerprint density at radius 2 is 2.22 bits per heavy atom. The quantitative estimate of drug-likeness (QED) is 0.816. The summed E-state index contributed by atoms with van der Waals surface area (Å²) >= 11 is 0.